The van der Waals surface area contributed by atoms with Crippen LogP contribution in [0.2, 0.25) is 18.1 Å². The summed E-state index contributed by atoms with van der Waals surface area (Å²) in [5.41, 5.74) is -0.248. The summed E-state index contributed by atoms with van der Waals surface area (Å²) in [6.07, 6.45) is 1.57. The smallest absolute Gasteiger partial charge is 0.192 e. The van der Waals surface area contributed by atoms with Crippen LogP contribution in [-0.4, -0.2) is 31.2 Å². The van der Waals surface area contributed by atoms with Gasteiger partial charge in [-0.05, 0) is 18.1 Å². The second-order valence-electron chi connectivity index (χ2n) is 7.67. The third-order valence-electron chi connectivity index (χ3n) is 4.22. The molecular formula is C14H29N3O2S2Si. The van der Waals surface area contributed by atoms with Crippen molar-refractivity contribution in [3.63, 3.8) is 0 Å². The normalized spacial score (nSPS) is 16.4. The molecule has 1 unspecified atom stereocenters. The quantitative estimate of drug-likeness (QED) is 0.809. The van der Waals surface area contributed by atoms with Crippen LogP contribution < -0.4 is 5.14 Å². The Bertz CT molecular complexity index is 639. The van der Waals surface area contributed by atoms with Gasteiger partial charge in [0, 0.05) is 19.1 Å². The number of aromatic nitrogens is 1. The fourth-order valence-corrected chi connectivity index (χ4v) is 4.65. The van der Waals surface area contributed by atoms with Crippen LogP contribution in [0, 0.1) is 0 Å². The Morgan fingerprint density at radius 2 is 1.91 bits per heavy atom. The number of hydrogen-bond donors (Lipinski definition) is 1. The fraction of sp³-hybridized carbons (Fsp3) is 0.786. The Hall–Kier alpha value is -0.283. The molecular weight excluding hydrogens is 334 g/mol. The molecule has 22 heavy (non-hydrogen) atoms. The lowest BCUT2D eigenvalue weighted by molar-refractivity contribution is 0.220. The molecule has 5 nitrogen and oxygen atoms in total. The molecule has 128 valence electrons. The first kappa shape index (κ1) is 19.8. The maximum absolute atomic E-state index is 12.1. The first-order valence-corrected chi connectivity index (χ1v) is 12.6. The average molecular weight is 364 g/mol. The van der Waals surface area contributed by atoms with Gasteiger partial charge in [0.25, 0.3) is 0 Å². The lowest BCUT2D eigenvalue weighted by Crippen LogP contribution is -2.43. The van der Waals surface area contributed by atoms with Gasteiger partial charge in [-0.1, -0.05) is 34.6 Å². The van der Waals surface area contributed by atoms with E-state index in [1.165, 1.54) is 18.4 Å². The summed E-state index contributed by atoms with van der Waals surface area (Å²) >= 11 is 1.36. The second kappa shape index (κ2) is 6.31. The predicted molar refractivity (Wildman–Crippen MR) is 97.2 cm³/mol. The molecule has 0 saturated carbocycles. The van der Waals surface area contributed by atoms with Crippen molar-refractivity contribution in [2.45, 2.75) is 62.4 Å². The maximum atomic E-state index is 12.1. The molecule has 1 rings (SSSR count). The first-order chi connectivity index (χ1) is 9.73. The highest BCUT2D eigenvalue weighted by atomic mass is 32.2. The highest BCUT2D eigenvalue weighted by molar-refractivity contribution is 7.93. The van der Waals surface area contributed by atoms with Gasteiger partial charge in [-0.15, -0.1) is 11.3 Å². The molecule has 1 aromatic heterocycles. The van der Waals surface area contributed by atoms with Crippen LogP contribution in [0.25, 0.3) is 0 Å². The van der Waals surface area contributed by atoms with Crippen molar-refractivity contribution in [3.8, 4) is 0 Å². The molecule has 0 saturated heterocycles. The molecule has 8 heteroatoms. The largest absolute Gasteiger partial charge is 0.416 e. The van der Waals surface area contributed by atoms with Gasteiger partial charge >= 0.3 is 0 Å². The van der Waals surface area contributed by atoms with Gasteiger partial charge in [0.05, 0.1) is 6.20 Å². The SMILES string of the molecule is CN=S(N)(=O)c1cnc(C(C)(C)CO[Si](C)(C)C(C)(C)C)s1. The van der Waals surface area contributed by atoms with E-state index in [1.54, 1.807) is 6.20 Å². The van der Waals surface area contributed by atoms with Gasteiger partial charge in [-0.3, -0.25) is 0 Å². The highest BCUT2D eigenvalue weighted by Gasteiger charge is 2.39. The van der Waals surface area contributed by atoms with E-state index in [1.807, 2.05) is 0 Å². The summed E-state index contributed by atoms with van der Waals surface area (Å²) in [6, 6.07) is 0. The molecule has 0 bridgehead atoms. The molecule has 0 aliphatic heterocycles. The van der Waals surface area contributed by atoms with Crippen molar-refractivity contribution in [1.29, 1.82) is 0 Å². The zero-order chi connectivity index (χ0) is 17.4. The van der Waals surface area contributed by atoms with Gasteiger partial charge in [0.1, 0.15) is 19.1 Å². The Kier molecular flexibility index (Phi) is 5.67. The zero-order valence-corrected chi connectivity index (χ0v) is 17.5. The van der Waals surface area contributed by atoms with Crippen LogP contribution in [-0.2, 0) is 19.8 Å². The van der Waals surface area contributed by atoms with Gasteiger partial charge < -0.3 is 4.43 Å². The van der Waals surface area contributed by atoms with Crippen molar-refractivity contribution in [1.82, 2.24) is 4.98 Å². The van der Waals surface area contributed by atoms with E-state index in [0.717, 1.165) is 5.01 Å². The summed E-state index contributed by atoms with van der Waals surface area (Å²) in [5.74, 6) is 0. The van der Waals surface area contributed by atoms with Crippen molar-refractivity contribution >= 4 is 29.6 Å². The number of hydrogen-bond acceptors (Lipinski definition) is 5. The van der Waals surface area contributed by atoms with Crippen LogP contribution >= 0.6 is 11.3 Å². The molecule has 0 aliphatic rings. The van der Waals surface area contributed by atoms with E-state index in [-0.39, 0.29) is 10.5 Å². The summed E-state index contributed by atoms with van der Waals surface area (Å²) in [4.78, 5) is 4.40. The summed E-state index contributed by atoms with van der Waals surface area (Å²) < 4.78 is 22.7. The van der Waals surface area contributed by atoms with Crippen LogP contribution in [0.3, 0.4) is 0 Å². The topological polar surface area (TPSA) is 77.6 Å². The Labute approximate surface area is 140 Å². The number of rotatable bonds is 5. The van der Waals surface area contributed by atoms with Gasteiger partial charge in [0.2, 0.25) is 0 Å². The number of nitrogens with zero attached hydrogens (tertiary/aromatic N) is 2. The molecule has 0 aromatic carbocycles. The third-order valence-corrected chi connectivity index (χ3v) is 12.1. The third kappa shape index (κ3) is 4.38. The molecule has 0 fully saturated rings. The Morgan fingerprint density at radius 1 is 1.36 bits per heavy atom. The van der Waals surface area contributed by atoms with Gasteiger partial charge in [0.15, 0.2) is 8.32 Å². The highest BCUT2D eigenvalue weighted by Crippen LogP contribution is 2.38. The van der Waals surface area contributed by atoms with E-state index >= 15 is 0 Å². The number of nitrogens with two attached hydrogens (primary N) is 1. The van der Waals surface area contributed by atoms with E-state index in [9.17, 15) is 4.21 Å². The lowest BCUT2D eigenvalue weighted by Gasteiger charge is -2.38. The lowest BCUT2D eigenvalue weighted by atomic mass is 9.96. The van der Waals surface area contributed by atoms with Crippen molar-refractivity contribution in [2.75, 3.05) is 13.7 Å². The minimum absolute atomic E-state index is 0.170. The van der Waals surface area contributed by atoms with E-state index in [2.05, 4.69) is 57.1 Å². The van der Waals surface area contributed by atoms with Crippen molar-refractivity contribution < 1.29 is 8.63 Å². The average Bonchev–Trinajstić information content (AvgIpc) is 2.86. The van der Waals surface area contributed by atoms with Crippen LogP contribution in [0.5, 0.6) is 0 Å². The maximum Gasteiger partial charge on any atom is 0.192 e. The monoisotopic (exact) mass is 363 g/mol. The Balaban J connectivity index is 2.95. The molecule has 0 radical (unpaired) electrons. The molecule has 0 amide bonds. The fourth-order valence-electron chi connectivity index (χ4n) is 1.44. The van der Waals surface area contributed by atoms with E-state index in [0.29, 0.717) is 10.8 Å². The Morgan fingerprint density at radius 3 is 2.36 bits per heavy atom. The minimum Gasteiger partial charge on any atom is -0.416 e. The molecule has 0 spiro atoms. The molecule has 1 atom stereocenters. The van der Waals surface area contributed by atoms with E-state index in [4.69, 9.17) is 9.56 Å². The zero-order valence-electron chi connectivity index (χ0n) is 14.9. The molecule has 1 aromatic rings. The number of thiazole rings is 1. The van der Waals surface area contributed by atoms with Crippen LogP contribution in [0.1, 0.15) is 39.6 Å². The van der Waals surface area contributed by atoms with Crippen LogP contribution in [0.15, 0.2) is 14.8 Å². The molecule has 1 heterocycles. The summed E-state index contributed by atoms with van der Waals surface area (Å²) in [5, 5.41) is 6.75. The predicted octanol–water partition coefficient (Wildman–Crippen LogP) is 3.77. The van der Waals surface area contributed by atoms with Gasteiger partial charge in [-0.2, -0.15) is 0 Å². The minimum atomic E-state index is -2.81. The summed E-state index contributed by atoms with van der Waals surface area (Å²) in [6.45, 7) is 15.9. The molecule has 0 aliphatic carbocycles. The molecule has 2 N–H and O–H groups in total. The standard InChI is InChI=1S/C14H29N3O2S2Si/c1-13(2,3)22(7,8)19-10-14(4,5)12-17-9-11(20-12)21(15,18)16-6/h9H,10H2,1-8H3,(H2,15,16,18). The van der Waals surface area contributed by atoms with Crippen LogP contribution in [0.4, 0.5) is 0 Å². The first-order valence-electron chi connectivity index (χ1n) is 7.26. The van der Waals surface area contributed by atoms with E-state index < -0.39 is 18.2 Å². The van der Waals surface area contributed by atoms with Crippen molar-refractivity contribution in [3.05, 3.63) is 11.2 Å². The van der Waals surface area contributed by atoms with Gasteiger partial charge in [-0.25, -0.2) is 18.7 Å². The van der Waals surface area contributed by atoms with Crippen molar-refractivity contribution in [2.24, 2.45) is 9.50 Å². The second-order valence-corrected chi connectivity index (χ2v) is 15.7. The summed E-state index contributed by atoms with van der Waals surface area (Å²) in [7, 11) is -3.15.